The number of amides is 2. The van der Waals surface area contributed by atoms with Gasteiger partial charge in [0.05, 0.1) is 12.1 Å². The average Bonchev–Trinajstić information content (AvgIpc) is 2.62. The van der Waals surface area contributed by atoms with Crippen LogP contribution in [0.25, 0.3) is 0 Å². The summed E-state index contributed by atoms with van der Waals surface area (Å²) in [6, 6.07) is 3.65. The Bertz CT molecular complexity index is 749. The first-order valence-corrected chi connectivity index (χ1v) is 10.3. The predicted molar refractivity (Wildman–Crippen MR) is 110 cm³/mol. The highest BCUT2D eigenvalue weighted by atomic mass is 19.4. The topological polar surface area (TPSA) is 70.2 Å². The van der Waals surface area contributed by atoms with E-state index in [4.69, 9.17) is 0 Å². The largest absolute Gasteiger partial charge is 0.416 e. The molecule has 30 heavy (non-hydrogen) atoms. The first-order valence-electron chi connectivity index (χ1n) is 10.3. The zero-order valence-electron chi connectivity index (χ0n) is 18.1. The average molecular weight is 428 g/mol. The third kappa shape index (κ3) is 7.97. The lowest BCUT2D eigenvalue weighted by molar-refractivity contribution is -0.137. The molecule has 0 atom stereocenters. The van der Waals surface area contributed by atoms with E-state index < -0.39 is 17.6 Å². The maximum absolute atomic E-state index is 13.0. The summed E-state index contributed by atoms with van der Waals surface area (Å²) in [6.07, 6.45) is -0.908. The van der Waals surface area contributed by atoms with Gasteiger partial charge < -0.3 is 16.0 Å². The highest BCUT2D eigenvalue weighted by molar-refractivity contribution is 5.94. The molecule has 1 saturated carbocycles. The minimum Gasteiger partial charge on any atom is -0.352 e. The quantitative estimate of drug-likeness (QED) is 0.647. The Morgan fingerprint density at radius 2 is 1.67 bits per heavy atom. The second kappa shape index (κ2) is 9.81. The van der Waals surface area contributed by atoms with Crippen molar-refractivity contribution in [1.29, 1.82) is 0 Å². The summed E-state index contributed by atoms with van der Waals surface area (Å²) in [5.41, 5.74) is -0.637. The van der Waals surface area contributed by atoms with Gasteiger partial charge in [-0.15, -0.1) is 0 Å². The number of alkyl halides is 3. The molecule has 3 N–H and O–H groups in total. The smallest absolute Gasteiger partial charge is 0.352 e. The molecule has 1 fully saturated rings. The highest BCUT2D eigenvalue weighted by Crippen LogP contribution is 2.30. The Hall–Kier alpha value is -2.09. The van der Waals surface area contributed by atoms with Crippen LogP contribution in [0.2, 0.25) is 0 Å². The van der Waals surface area contributed by atoms with Crippen LogP contribution in [0.1, 0.15) is 67.9 Å². The maximum atomic E-state index is 13.0. The van der Waals surface area contributed by atoms with Crippen molar-refractivity contribution in [3.05, 3.63) is 34.9 Å². The summed E-state index contributed by atoms with van der Waals surface area (Å²) in [6.45, 7) is 8.06. The molecule has 5 nitrogen and oxygen atoms in total. The fourth-order valence-corrected chi connectivity index (χ4v) is 3.69. The number of hydrogen-bond acceptors (Lipinski definition) is 3. The van der Waals surface area contributed by atoms with Gasteiger partial charge in [-0.05, 0) is 83.1 Å². The van der Waals surface area contributed by atoms with E-state index in [0.717, 1.165) is 37.8 Å². The number of benzene rings is 1. The van der Waals surface area contributed by atoms with Crippen LogP contribution in [0.5, 0.6) is 0 Å². The van der Waals surface area contributed by atoms with Crippen LogP contribution < -0.4 is 16.0 Å². The first-order chi connectivity index (χ1) is 13.8. The first kappa shape index (κ1) is 24.2. The third-order valence-corrected chi connectivity index (χ3v) is 5.13. The molecule has 0 aromatic heterocycles. The molecule has 8 heteroatoms. The van der Waals surface area contributed by atoms with Crippen molar-refractivity contribution < 1.29 is 22.8 Å². The zero-order chi connectivity index (χ0) is 22.5. The Kier molecular flexibility index (Phi) is 7.91. The number of rotatable bonds is 6. The molecule has 1 aromatic rings. The Labute approximate surface area is 176 Å². The number of nitrogens with one attached hydrogen (secondary N) is 3. The minimum atomic E-state index is -4.48. The lowest BCUT2D eigenvalue weighted by atomic mass is 9.86. The molecule has 1 aliphatic carbocycles. The zero-order valence-corrected chi connectivity index (χ0v) is 18.1. The summed E-state index contributed by atoms with van der Waals surface area (Å²) in [4.78, 5) is 24.2. The van der Waals surface area contributed by atoms with E-state index in [0.29, 0.717) is 12.1 Å². The predicted octanol–water partition coefficient (Wildman–Crippen LogP) is 3.81. The van der Waals surface area contributed by atoms with Gasteiger partial charge >= 0.3 is 6.18 Å². The van der Waals surface area contributed by atoms with Crippen molar-refractivity contribution in [3.8, 4) is 0 Å². The van der Waals surface area contributed by atoms with E-state index in [9.17, 15) is 22.8 Å². The van der Waals surface area contributed by atoms with Crippen LogP contribution in [0.4, 0.5) is 13.2 Å². The summed E-state index contributed by atoms with van der Waals surface area (Å²) in [5.74, 6) is -0.237. The summed E-state index contributed by atoms with van der Waals surface area (Å²) in [7, 11) is 0. The number of carbonyl (C=O) groups is 2. The van der Waals surface area contributed by atoms with E-state index in [-0.39, 0.29) is 35.5 Å². The minimum absolute atomic E-state index is 0.0301. The van der Waals surface area contributed by atoms with Crippen LogP contribution in [0.15, 0.2) is 18.2 Å². The SMILES string of the molecule is Cc1cc(C(=O)NC[C@H]2CC[C@@H](NCC(=O)NC(C)(C)C)CC2)cc(C(F)(F)F)c1. The van der Waals surface area contributed by atoms with Gasteiger partial charge in [0.1, 0.15) is 0 Å². The lowest BCUT2D eigenvalue weighted by Gasteiger charge is -2.29. The van der Waals surface area contributed by atoms with Gasteiger partial charge in [-0.1, -0.05) is 0 Å². The monoisotopic (exact) mass is 427 g/mol. The molecule has 168 valence electrons. The maximum Gasteiger partial charge on any atom is 0.416 e. The van der Waals surface area contributed by atoms with E-state index >= 15 is 0 Å². The molecule has 0 saturated heterocycles. The van der Waals surface area contributed by atoms with E-state index in [1.54, 1.807) is 6.92 Å². The second-order valence-electron chi connectivity index (χ2n) is 9.19. The number of aryl methyl sites for hydroxylation is 1. The Balaban J connectivity index is 1.76. The van der Waals surface area contributed by atoms with Gasteiger partial charge in [0.15, 0.2) is 0 Å². The lowest BCUT2D eigenvalue weighted by Crippen LogP contribution is -2.47. The standard InChI is InChI=1S/C22H32F3N3O2/c1-14-9-16(11-17(10-14)22(23,24)25)20(30)27-12-15-5-7-18(8-6-15)26-13-19(29)28-21(2,3)4/h9-11,15,18,26H,5-8,12-13H2,1-4H3,(H,27,30)(H,28,29)/t15-,18+. The summed E-state index contributed by atoms with van der Waals surface area (Å²) in [5, 5.41) is 8.96. The normalized spacial score (nSPS) is 20.0. The van der Waals surface area contributed by atoms with Crippen LogP contribution in [-0.2, 0) is 11.0 Å². The van der Waals surface area contributed by atoms with Crippen LogP contribution in [-0.4, -0.2) is 36.5 Å². The molecule has 0 unspecified atom stereocenters. The Morgan fingerprint density at radius 3 is 2.23 bits per heavy atom. The third-order valence-electron chi connectivity index (χ3n) is 5.13. The summed E-state index contributed by atoms with van der Waals surface area (Å²) >= 11 is 0. The van der Waals surface area contributed by atoms with Crippen molar-refractivity contribution in [2.24, 2.45) is 5.92 Å². The van der Waals surface area contributed by atoms with E-state index in [2.05, 4.69) is 16.0 Å². The summed E-state index contributed by atoms with van der Waals surface area (Å²) < 4.78 is 38.9. The molecular formula is C22H32F3N3O2. The molecular weight excluding hydrogens is 395 g/mol. The number of hydrogen-bond donors (Lipinski definition) is 3. The van der Waals surface area contributed by atoms with Crippen molar-refractivity contribution in [3.63, 3.8) is 0 Å². The molecule has 1 aliphatic rings. The molecule has 2 amide bonds. The molecule has 2 rings (SSSR count). The van der Waals surface area contributed by atoms with Crippen molar-refractivity contribution in [1.82, 2.24) is 16.0 Å². The molecule has 0 heterocycles. The molecule has 0 spiro atoms. The van der Waals surface area contributed by atoms with Crippen LogP contribution in [0.3, 0.4) is 0 Å². The number of halogens is 3. The molecule has 0 radical (unpaired) electrons. The van der Waals surface area contributed by atoms with Gasteiger partial charge in [-0.25, -0.2) is 0 Å². The van der Waals surface area contributed by atoms with Gasteiger partial charge in [0.2, 0.25) is 5.91 Å². The van der Waals surface area contributed by atoms with Crippen molar-refractivity contribution >= 4 is 11.8 Å². The van der Waals surface area contributed by atoms with Gasteiger partial charge in [0, 0.05) is 23.7 Å². The van der Waals surface area contributed by atoms with E-state index in [1.807, 2.05) is 20.8 Å². The molecule has 1 aromatic carbocycles. The van der Waals surface area contributed by atoms with E-state index in [1.165, 1.54) is 6.07 Å². The van der Waals surface area contributed by atoms with Crippen LogP contribution >= 0.6 is 0 Å². The molecule has 0 aliphatic heterocycles. The van der Waals surface area contributed by atoms with Gasteiger partial charge in [0.25, 0.3) is 5.91 Å². The highest BCUT2D eigenvalue weighted by Gasteiger charge is 2.31. The Morgan fingerprint density at radius 1 is 1.03 bits per heavy atom. The second-order valence-corrected chi connectivity index (χ2v) is 9.19. The molecule has 0 bridgehead atoms. The van der Waals surface area contributed by atoms with Crippen LogP contribution in [0, 0.1) is 12.8 Å². The number of carbonyl (C=O) groups excluding carboxylic acids is 2. The van der Waals surface area contributed by atoms with Crippen molar-refractivity contribution in [2.75, 3.05) is 13.1 Å². The fraction of sp³-hybridized carbons (Fsp3) is 0.636. The van der Waals surface area contributed by atoms with Gasteiger partial charge in [-0.2, -0.15) is 13.2 Å². The fourth-order valence-electron chi connectivity index (χ4n) is 3.69. The van der Waals surface area contributed by atoms with Crippen molar-refractivity contribution in [2.45, 2.75) is 71.1 Å². The van der Waals surface area contributed by atoms with Gasteiger partial charge in [-0.3, -0.25) is 9.59 Å².